The molecule has 3 N–H and O–H groups in total. The maximum atomic E-state index is 6.12. The van der Waals surface area contributed by atoms with E-state index in [9.17, 15) is 0 Å². The Balaban J connectivity index is 1.73. The van der Waals surface area contributed by atoms with Crippen LogP contribution in [-0.2, 0) is 6.54 Å². The van der Waals surface area contributed by atoms with Crippen molar-refractivity contribution in [3.8, 4) is 0 Å². The Morgan fingerprint density at radius 3 is 2.76 bits per heavy atom. The van der Waals surface area contributed by atoms with E-state index in [1.807, 2.05) is 18.2 Å². The number of furan rings is 1. The van der Waals surface area contributed by atoms with E-state index in [0.29, 0.717) is 6.04 Å². The van der Waals surface area contributed by atoms with Gasteiger partial charge in [-0.2, -0.15) is 0 Å². The fraction of sp³-hybridized carbons (Fsp3) is 0.286. The number of benzene rings is 1. The van der Waals surface area contributed by atoms with Crippen molar-refractivity contribution in [1.29, 1.82) is 0 Å². The van der Waals surface area contributed by atoms with Crippen molar-refractivity contribution in [1.82, 2.24) is 5.32 Å². The lowest BCUT2D eigenvalue weighted by molar-refractivity contribution is 0.437. The number of rotatable bonds is 3. The molecule has 1 aliphatic carbocycles. The van der Waals surface area contributed by atoms with E-state index in [0.717, 1.165) is 18.7 Å². The summed E-state index contributed by atoms with van der Waals surface area (Å²) in [5.41, 5.74) is 8.72. The second kappa shape index (κ2) is 4.35. The fourth-order valence-corrected chi connectivity index (χ4v) is 2.50. The maximum Gasteiger partial charge on any atom is 0.117 e. The quantitative estimate of drug-likeness (QED) is 0.848. The number of nitrogens with two attached hydrogens (primary N) is 1. The fourth-order valence-electron chi connectivity index (χ4n) is 2.50. The molecule has 2 aromatic rings. The van der Waals surface area contributed by atoms with Crippen LogP contribution in [0.5, 0.6) is 0 Å². The molecule has 88 valence electrons. The second-order valence-electron chi connectivity index (χ2n) is 4.48. The standard InChI is InChI=1S/C14H16N2O/c15-13-8-14(12-6-2-1-5-11(12)13)16-9-10-4-3-7-17-10/h1-7,13-14,16H,8-9,15H2. The lowest BCUT2D eigenvalue weighted by Crippen LogP contribution is -2.19. The molecule has 1 heterocycles. The van der Waals surface area contributed by atoms with Crippen LogP contribution < -0.4 is 11.1 Å². The summed E-state index contributed by atoms with van der Waals surface area (Å²) in [5, 5.41) is 3.50. The molecule has 3 heteroatoms. The molecule has 2 unspecified atom stereocenters. The average Bonchev–Trinajstić information content (AvgIpc) is 2.96. The van der Waals surface area contributed by atoms with Gasteiger partial charge in [0.05, 0.1) is 12.8 Å². The molecule has 3 rings (SSSR count). The van der Waals surface area contributed by atoms with Crippen LogP contribution in [0.3, 0.4) is 0 Å². The molecule has 2 atom stereocenters. The molecule has 0 fully saturated rings. The van der Waals surface area contributed by atoms with Crippen LogP contribution in [0.1, 0.15) is 35.4 Å². The molecule has 0 amide bonds. The minimum Gasteiger partial charge on any atom is -0.468 e. The Morgan fingerprint density at radius 1 is 1.18 bits per heavy atom. The molecule has 1 aliphatic rings. The van der Waals surface area contributed by atoms with E-state index >= 15 is 0 Å². The van der Waals surface area contributed by atoms with Crippen LogP contribution >= 0.6 is 0 Å². The van der Waals surface area contributed by atoms with Crippen LogP contribution in [0.2, 0.25) is 0 Å². The highest BCUT2D eigenvalue weighted by atomic mass is 16.3. The SMILES string of the molecule is NC1CC(NCc2ccco2)c2ccccc21. The Labute approximate surface area is 101 Å². The summed E-state index contributed by atoms with van der Waals surface area (Å²) in [6.45, 7) is 0.749. The molecule has 0 aliphatic heterocycles. The highest BCUT2D eigenvalue weighted by Gasteiger charge is 2.27. The predicted octanol–water partition coefficient (Wildman–Crippen LogP) is 2.51. The van der Waals surface area contributed by atoms with Crippen LogP contribution in [0.4, 0.5) is 0 Å². The summed E-state index contributed by atoms with van der Waals surface area (Å²) in [4.78, 5) is 0. The summed E-state index contributed by atoms with van der Waals surface area (Å²) < 4.78 is 5.31. The zero-order chi connectivity index (χ0) is 11.7. The first-order valence-corrected chi connectivity index (χ1v) is 5.95. The molecular formula is C14H16N2O. The van der Waals surface area contributed by atoms with Gasteiger partial charge in [-0.25, -0.2) is 0 Å². The molecule has 0 saturated heterocycles. The predicted molar refractivity (Wildman–Crippen MR) is 66.3 cm³/mol. The third-order valence-corrected chi connectivity index (χ3v) is 3.36. The van der Waals surface area contributed by atoms with E-state index in [4.69, 9.17) is 10.2 Å². The van der Waals surface area contributed by atoms with Gasteiger partial charge in [0.15, 0.2) is 0 Å². The highest BCUT2D eigenvalue weighted by Crippen LogP contribution is 2.36. The average molecular weight is 228 g/mol. The highest BCUT2D eigenvalue weighted by molar-refractivity contribution is 5.37. The lowest BCUT2D eigenvalue weighted by atomic mass is 10.1. The van der Waals surface area contributed by atoms with Gasteiger partial charge >= 0.3 is 0 Å². The van der Waals surface area contributed by atoms with Gasteiger partial charge in [-0.05, 0) is 29.7 Å². The van der Waals surface area contributed by atoms with Gasteiger partial charge in [0, 0.05) is 12.1 Å². The summed E-state index contributed by atoms with van der Waals surface area (Å²) in [7, 11) is 0. The number of hydrogen-bond acceptors (Lipinski definition) is 3. The first-order chi connectivity index (χ1) is 8.34. The van der Waals surface area contributed by atoms with E-state index in [1.165, 1.54) is 11.1 Å². The van der Waals surface area contributed by atoms with Crippen molar-refractivity contribution in [2.24, 2.45) is 5.73 Å². The van der Waals surface area contributed by atoms with Crippen LogP contribution in [0, 0.1) is 0 Å². The number of nitrogens with one attached hydrogen (secondary N) is 1. The molecular weight excluding hydrogens is 212 g/mol. The molecule has 1 aromatic carbocycles. The van der Waals surface area contributed by atoms with Crippen molar-refractivity contribution in [3.05, 3.63) is 59.5 Å². The third kappa shape index (κ3) is 1.99. The summed E-state index contributed by atoms with van der Waals surface area (Å²) >= 11 is 0. The van der Waals surface area contributed by atoms with E-state index in [2.05, 4.69) is 23.5 Å². The van der Waals surface area contributed by atoms with E-state index in [1.54, 1.807) is 6.26 Å². The number of fused-ring (bicyclic) bond motifs is 1. The third-order valence-electron chi connectivity index (χ3n) is 3.36. The van der Waals surface area contributed by atoms with E-state index < -0.39 is 0 Å². The lowest BCUT2D eigenvalue weighted by Gasteiger charge is -2.12. The normalized spacial score (nSPS) is 22.6. The van der Waals surface area contributed by atoms with Crippen molar-refractivity contribution in [2.75, 3.05) is 0 Å². The zero-order valence-electron chi connectivity index (χ0n) is 9.60. The topological polar surface area (TPSA) is 51.2 Å². The minimum atomic E-state index is 0.153. The van der Waals surface area contributed by atoms with Gasteiger partial charge in [0.2, 0.25) is 0 Å². The van der Waals surface area contributed by atoms with Crippen molar-refractivity contribution < 1.29 is 4.42 Å². The van der Waals surface area contributed by atoms with Gasteiger partial charge in [-0.15, -0.1) is 0 Å². The van der Waals surface area contributed by atoms with Crippen molar-refractivity contribution in [3.63, 3.8) is 0 Å². The van der Waals surface area contributed by atoms with Crippen LogP contribution in [0.15, 0.2) is 47.1 Å². The molecule has 1 aromatic heterocycles. The Kier molecular flexibility index (Phi) is 2.71. The molecule has 0 bridgehead atoms. The monoisotopic (exact) mass is 228 g/mol. The molecule has 3 nitrogen and oxygen atoms in total. The van der Waals surface area contributed by atoms with E-state index in [-0.39, 0.29) is 6.04 Å². The van der Waals surface area contributed by atoms with Gasteiger partial charge in [-0.3, -0.25) is 0 Å². The summed E-state index contributed by atoms with van der Waals surface area (Å²) in [6.07, 6.45) is 2.66. The summed E-state index contributed by atoms with van der Waals surface area (Å²) in [6, 6.07) is 12.8. The van der Waals surface area contributed by atoms with Crippen molar-refractivity contribution >= 4 is 0 Å². The minimum absolute atomic E-state index is 0.153. The first kappa shape index (κ1) is 10.6. The Hall–Kier alpha value is -1.58. The first-order valence-electron chi connectivity index (χ1n) is 5.95. The molecule has 17 heavy (non-hydrogen) atoms. The van der Waals surface area contributed by atoms with Gasteiger partial charge < -0.3 is 15.5 Å². The Morgan fingerprint density at radius 2 is 2.00 bits per heavy atom. The van der Waals surface area contributed by atoms with Gasteiger partial charge in [-0.1, -0.05) is 24.3 Å². The molecule has 0 saturated carbocycles. The molecule has 0 spiro atoms. The zero-order valence-corrected chi connectivity index (χ0v) is 9.60. The smallest absolute Gasteiger partial charge is 0.117 e. The van der Waals surface area contributed by atoms with Crippen LogP contribution in [0.25, 0.3) is 0 Å². The van der Waals surface area contributed by atoms with Gasteiger partial charge in [0.1, 0.15) is 5.76 Å². The number of hydrogen-bond donors (Lipinski definition) is 2. The Bertz CT molecular complexity index is 493. The second-order valence-corrected chi connectivity index (χ2v) is 4.48. The van der Waals surface area contributed by atoms with Crippen LogP contribution in [-0.4, -0.2) is 0 Å². The largest absolute Gasteiger partial charge is 0.468 e. The summed E-state index contributed by atoms with van der Waals surface area (Å²) in [5.74, 6) is 0.961. The van der Waals surface area contributed by atoms with Crippen molar-refractivity contribution in [2.45, 2.75) is 25.0 Å². The molecule has 0 radical (unpaired) electrons. The maximum absolute atomic E-state index is 6.12. The van der Waals surface area contributed by atoms with Gasteiger partial charge in [0.25, 0.3) is 0 Å².